The summed E-state index contributed by atoms with van der Waals surface area (Å²) in [5, 5.41) is 4.38. The Bertz CT molecular complexity index is 458. The summed E-state index contributed by atoms with van der Waals surface area (Å²) in [7, 11) is 0. The number of nitrogens with zero attached hydrogens (tertiary/aromatic N) is 1. The quantitative estimate of drug-likeness (QED) is 0.847. The van der Waals surface area contributed by atoms with Crippen LogP contribution in [0.2, 0.25) is 5.02 Å². The molecule has 0 aliphatic carbocycles. The first-order valence-electron chi connectivity index (χ1n) is 8.11. The SMILES string of the molecule is CC(C)CNCc1ccc(Cl)cc1N1CCC(C)(C)CC1. The Kier molecular flexibility index (Phi) is 5.56. The van der Waals surface area contributed by atoms with Crippen LogP contribution in [0, 0.1) is 11.3 Å². The van der Waals surface area contributed by atoms with E-state index in [-0.39, 0.29) is 0 Å². The number of anilines is 1. The predicted octanol–water partition coefficient (Wildman–Crippen LogP) is 4.71. The number of hydrogen-bond donors (Lipinski definition) is 1. The average molecular weight is 309 g/mol. The van der Waals surface area contributed by atoms with Gasteiger partial charge in [-0.2, -0.15) is 0 Å². The normalized spacial score (nSPS) is 18.3. The number of nitrogens with one attached hydrogen (secondary N) is 1. The lowest BCUT2D eigenvalue weighted by Crippen LogP contribution is -2.38. The highest BCUT2D eigenvalue weighted by molar-refractivity contribution is 6.30. The van der Waals surface area contributed by atoms with Crippen molar-refractivity contribution < 1.29 is 0 Å². The Hall–Kier alpha value is -0.730. The van der Waals surface area contributed by atoms with Gasteiger partial charge in [-0.25, -0.2) is 0 Å². The van der Waals surface area contributed by atoms with Gasteiger partial charge in [-0.05, 0) is 48.4 Å². The minimum absolute atomic E-state index is 0.477. The molecule has 0 saturated carbocycles. The summed E-state index contributed by atoms with van der Waals surface area (Å²) >= 11 is 6.23. The first kappa shape index (κ1) is 16.6. The molecule has 3 heteroatoms. The average Bonchev–Trinajstić information content (AvgIpc) is 2.40. The molecule has 1 aliphatic rings. The molecular weight excluding hydrogens is 280 g/mol. The summed E-state index contributed by atoms with van der Waals surface area (Å²) in [4.78, 5) is 2.50. The number of benzene rings is 1. The first-order chi connectivity index (χ1) is 9.87. The van der Waals surface area contributed by atoms with Gasteiger partial charge in [0.2, 0.25) is 0 Å². The molecule has 0 bridgehead atoms. The van der Waals surface area contributed by atoms with E-state index in [9.17, 15) is 0 Å². The van der Waals surface area contributed by atoms with E-state index in [1.54, 1.807) is 0 Å². The van der Waals surface area contributed by atoms with Gasteiger partial charge in [-0.1, -0.05) is 45.4 Å². The lowest BCUT2D eigenvalue weighted by atomic mass is 9.82. The first-order valence-corrected chi connectivity index (χ1v) is 8.49. The van der Waals surface area contributed by atoms with Gasteiger partial charge in [0.05, 0.1) is 0 Å². The van der Waals surface area contributed by atoms with Crippen LogP contribution in [0.4, 0.5) is 5.69 Å². The van der Waals surface area contributed by atoms with Crippen molar-refractivity contribution in [1.82, 2.24) is 5.32 Å². The van der Waals surface area contributed by atoms with Crippen LogP contribution in [-0.4, -0.2) is 19.6 Å². The molecule has 0 aromatic heterocycles. The standard InChI is InChI=1S/C18H29ClN2/c1-14(2)12-20-13-15-5-6-16(19)11-17(15)21-9-7-18(3,4)8-10-21/h5-6,11,14,20H,7-10,12-13H2,1-4H3. The minimum Gasteiger partial charge on any atom is -0.371 e. The van der Waals surface area contributed by atoms with Crippen molar-refractivity contribution in [3.63, 3.8) is 0 Å². The van der Waals surface area contributed by atoms with Crippen LogP contribution in [0.25, 0.3) is 0 Å². The van der Waals surface area contributed by atoms with E-state index >= 15 is 0 Å². The van der Waals surface area contributed by atoms with E-state index in [1.807, 2.05) is 6.07 Å². The summed E-state index contributed by atoms with van der Waals surface area (Å²) in [6.07, 6.45) is 2.50. The highest BCUT2D eigenvalue weighted by Crippen LogP contribution is 2.34. The number of hydrogen-bond acceptors (Lipinski definition) is 2. The number of halogens is 1. The topological polar surface area (TPSA) is 15.3 Å². The molecule has 1 fully saturated rings. The third-order valence-corrected chi connectivity index (χ3v) is 4.61. The van der Waals surface area contributed by atoms with Crippen molar-refractivity contribution >= 4 is 17.3 Å². The lowest BCUT2D eigenvalue weighted by Gasteiger charge is -2.39. The summed E-state index contributed by atoms with van der Waals surface area (Å²) < 4.78 is 0. The Morgan fingerprint density at radius 2 is 1.90 bits per heavy atom. The van der Waals surface area contributed by atoms with Crippen LogP contribution in [0.5, 0.6) is 0 Å². The van der Waals surface area contributed by atoms with Gasteiger partial charge in [0.25, 0.3) is 0 Å². The van der Waals surface area contributed by atoms with E-state index in [0.29, 0.717) is 11.3 Å². The molecule has 1 aromatic carbocycles. The molecule has 0 radical (unpaired) electrons. The van der Waals surface area contributed by atoms with Gasteiger partial charge >= 0.3 is 0 Å². The highest BCUT2D eigenvalue weighted by atomic mass is 35.5. The van der Waals surface area contributed by atoms with Gasteiger partial charge in [0.15, 0.2) is 0 Å². The molecule has 1 heterocycles. The largest absolute Gasteiger partial charge is 0.371 e. The molecule has 1 N–H and O–H groups in total. The maximum Gasteiger partial charge on any atom is 0.0426 e. The smallest absolute Gasteiger partial charge is 0.0426 e. The number of rotatable bonds is 5. The third kappa shape index (κ3) is 4.89. The molecule has 0 unspecified atom stereocenters. The van der Waals surface area contributed by atoms with Crippen LogP contribution < -0.4 is 10.2 Å². The minimum atomic E-state index is 0.477. The van der Waals surface area contributed by atoms with Crippen LogP contribution >= 0.6 is 11.6 Å². The molecule has 118 valence electrons. The van der Waals surface area contributed by atoms with E-state index in [4.69, 9.17) is 11.6 Å². The predicted molar refractivity (Wildman–Crippen MR) is 93.2 cm³/mol. The van der Waals surface area contributed by atoms with Crippen LogP contribution in [0.1, 0.15) is 46.1 Å². The Morgan fingerprint density at radius 3 is 2.52 bits per heavy atom. The monoisotopic (exact) mass is 308 g/mol. The zero-order valence-corrected chi connectivity index (χ0v) is 14.6. The van der Waals surface area contributed by atoms with E-state index < -0.39 is 0 Å². The maximum absolute atomic E-state index is 6.23. The molecule has 21 heavy (non-hydrogen) atoms. The second-order valence-corrected chi connectivity index (χ2v) is 7.89. The fraction of sp³-hybridized carbons (Fsp3) is 0.667. The molecule has 0 spiro atoms. The second kappa shape index (κ2) is 7.02. The molecule has 2 nitrogen and oxygen atoms in total. The fourth-order valence-electron chi connectivity index (χ4n) is 2.83. The van der Waals surface area contributed by atoms with Gasteiger partial charge in [-0.3, -0.25) is 0 Å². The molecule has 0 atom stereocenters. The lowest BCUT2D eigenvalue weighted by molar-refractivity contribution is 0.279. The molecule has 1 aromatic rings. The Labute approximate surface area is 134 Å². The van der Waals surface area contributed by atoms with Crippen molar-refractivity contribution in [2.75, 3.05) is 24.5 Å². The summed E-state index contributed by atoms with van der Waals surface area (Å²) in [5.41, 5.74) is 3.15. The van der Waals surface area contributed by atoms with Crippen LogP contribution in [-0.2, 0) is 6.54 Å². The van der Waals surface area contributed by atoms with Crippen LogP contribution in [0.3, 0.4) is 0 Å². The van der Waals surface area contributed by atoms with Crippen molar-refractivity contribution in [3.05, 3.63) is 28.8 Å². The summed E-state index contributed by atoms with van der Waals surface area (Å²) in [5.74, 6) is 0.677. The summed E-state index contributed by atoms with van der Waals surface area (Å²) in [6, 6.07) is 6.31. The van der Waals surface area contributed by atoms with Gasteiger partial charge in [-0.15, -0.1) is 0 Å². The van der Waals surface area contributed by atoms with E-state index in [2.05, 4.69) is 50.0 Å². The molecule has 1 saturated heterocycles. The third-order valence-electron chi connectivity index (χ3n) is 4.37. The molecule has 0 amide bonds. The van der Waals surface area contributed by atoms with Crippen molar-refractivity contribution in [1.29, 1.82) is 0 Å². The molecule has 2 rings (SSSR count). The number of piperidine rings is 1. The zero-order chi connectivity index (χ0) is 15.5. The van der Waals surface area contributed by atoms with Gasteiger partial charge in [0.1, 0.15) is 0 Å². The molecule has 1 aliphatic heterocycles. The fourth-order valence-corrected chi connectivity index (χ4v) is 3.00. The molecular formula is C18H29ClN2. The van der Waals surface area contributed by atoms with Crippen molar-refractivity contribution in [3.8, 4) is 0 Å². The van der Waals surface area contributed by atoms with Crippen molar-refractivity contribution in [2.45, 2.75) is 47.1 Å². The van der Waals surface area contributed by atoms with E-state index in [0.717, 1.165) is 31.2 Å². The second-order valence-electron chi connectivity index (χ2n) is 7.45. The van der Waals surface area contributed by atoms with Crippen molar-refractivity contribution in [2.24, 2.45) is 11.3 Å². The van der Waals surface area contributed by atoms with Crippen LogP contribution in [0.15, 0.2) is 18.2 Å². The Morgan fingerprint density at radius 1 is 1.24 bits per heavy atom. The Balaban J connectivity index is 2.08. The highest BCUT2D eigenvalue weighted by Gasteiger charge is 2.26. The maximum atomic E-state index is 6.23. The van der Waals surface area contributed by atoms with E-state index in [1.165, 1.54) is 24.1 Å². The zero-order valence-electron chi connectivity index (χ0n) is 13.9. The van der Waals surface area contributed by atoms with Gasteiger partial charge < -0.3 is 10.2 Å². The van der Waals surface area contributed by atoms with Gasteiger partial charge in [0, 0.05) is 30.3 Å². The summed E-state index contributed by atoms with van der Waals surface area (Å²) in [6.45, 7) is 13.4.